The number of nitrogens with zero attached hydrogens (tertiary/aromatic N) is 2. The van der Waals surface area contributed by atoms with Gasteiger partial charge in [-0.3, -0.25) is 9.59 Å². The number of benzene rings is 1. The highest BCUT2D eigenvalue weighted by atomic mass is 32.1. The van der Waals surface area contributed by atoms with E-state index in [0.717, 1.165) is 22.6 Å². The van der Waals surface area contributed by atoms with Crippen LogP contribution < -0.4 is 5.32 Å². The Balaban J connectivity index is 1.83. The molecule has 0 fully saturated rings. The van der Waals surface area contributed by atoms with E-state index in [0.29, 0.717) is 17.2 Å². The molecule has 0 aliphatic rings. The molecule has 140 valence electrons. The Labute approximate surface area is 160 Å². The van der Waals surface area contributed by atoms with E-state index >= 15 is 0 Å². The summed E-state index contributed by atoms with van der Waals surface area (Å²) < 4.78 is 15.2. The fourth-order valence-corrected chi connectivity index (χ4v) is 3.66. The molecule has 7 heteroatoms. The van der Waals surface area contributed by atoms with Crippen molar-refractivity contribution in [1.82, 2.24) is 9.55 Å². The number of carbonyl (C=O) groups excluding carboxylic acids is 2. The largest absolute Gasteiger partial charge is 0.344 e. The maximum atomic E-state index is 13.3. The van der Waals surface area contributed by atoms with Crippen LogP contribution in [0.4, 0.5) is 9.52 Å². The number of aryl methyl sites for hydroxylation is 1. The Morgan fingerprint density at radius 3 is 2.52 bits per heavy atom. The summed E-state index contributed by atoms with van der Waals surface area (Å²) in [6.07, 6.45) is 0.236. The van der Waals surface area contributed by atoms with E-state index in [1.165, 1.54) is 30.4 Å². The van der Waals surface area contributed by atoms with Gasteiger partial charge in [-0.2, -0.15) is 0 Å². The fraction of sp³-hybridized carbons (Fsp3) is 0.250. The SMILES string of the molecule is CC(=O)c1cc(-c2ccc(F)cc2)n(CCC(=O)Nc2nc(C)cs2)c1C. The molecule has 2 heterocycles. The molecule has 0 unspecified atom stereocenters. The van der Waals surface area contributed by atoms with Gasteiger partial charge in [-0.1, -0.05) is 0 Å². The molecule has 3 rings (SSSR count). The Bertz CT molecular complexity index is 989. The van der Waals surface area contributed by atoms with Crippen LogP contribution in [0.2, 0.25) is 0 Å². The second kappa shape index (κ2) is 7.84. The summed E-state index contributed by atoms with van der Waals surface area (Å²) in [6.45, 7) is 5.64. The molecule has 2 aromatic heterocycles. The van der Waals surface area contributed by atoms with Crippen LogP contribution in [-0.4, -0.2) is 21.2 Å². The molecular formula is C20H20FN3O2S. The second-order valence-electron chi connectivity index (χ2n) is 6.34. The van der Waals surface area contributed by atoms with E-state index in [-0.39, 0.29) is 23.9 Å². The second-order valence-corrected chi connectivity index (χ2v) is 7.19. The van der Waals surface area contributed by atoms with E-state index in [4.69, 9.17) is 0 Å². The maximum absolute atomic E-state index is 13.3. The minimum atomic E-state index is -0.321. The summed E-state index contributed by atoms with van der Waals surface area (Å²) >= 11 is 1.38. The van der Waals surface area contributed by atoms with Crippen LogP contribution >= 0.6 is 11.3 Å². The van der Waals surface area contributed by atoms with Gasteiger partial charge in [0.2, 0.25) is 5.91 Å². The lowest BCUT2D eigenvalue weighted by Gasteiger charge is -2.12. The number of halogens is 1. The van der Waals surface area contributed by atoms with Gasteiger partial charge in [0, 0.05) is 35.3 Å². The van der Waals surface area contributed by atoms with Crippen LogP contribution in [0.25, 0.3) is 11.3 Å². The van der Waals surface area contributed by atoms with Gasteiger partial charge in [0.1, 0.15) is 5.82 Å². The smallest absolute Gasteiger partial charge is 0.227 e. The molecule has 0 saturated carbocycles. The van der Waals surface area contributed by atoms with E-state index in [2.05, 4.69) is 10.3 Å². The third-order valence-electron chi connectivity index (χ3n) is 4.31. The minimum absolute atomic E-state index is 0.0441. The maximum Gasteiger partial charge on any atom is 0.227 e. The number of Topliss-reactive ketones (excluding diaryl/α,β-unsaturated/α-hetero) is 1. The van der Waals surface area contributed by atoms with Crippen molar-refractivity contribution < 1.29 is 14.0 Å². The number of amides is 1. The molecule has 0 aliphatic heterocycles. The number of hydrogen-bond acceptors (Lipinski definition) is 4. The third kappa shape index (κ3) is 4.31. The monoisotopic (exact) mass is 385 g/mol. The first kappa shape index (κ1) is 19.0. The molecule has 0 aliphatic carbocycles. The number of hydrogen-bond donors (Lipinski definition) is 1. The Hall–Kier alpha value is -2.80. The van der Waals surface area contributed by atoms with Crippen LogP contribution in [0.3, 0.4) is 0 Å². The van der Waals surface area contributed by atoms with Crippen LogP contribution in [0.1, 0.15) is 35.1 Å². The van der Waals surface area contributed by atoms with Gasteiger partial charge in [-0.15, -0.1) is 11.3 Å². The normalized spacial score (nSPS) is 10.8. The first-order valence-electron chi connectivity index (χ1n) is 8.54. The average Bonchev–Trinajstić information content (AvgIpc) is 3.17. The van der Waals surface area contributed by atoms with Crippen molar-refractivity contribution in [3.63, 3.8) is 0 Å². The van der Waals surface area contributed by atoms with Gasteiger partial charge >= 0.3 is 0 Å². The van der Waals surface area contributed by atoms with E-state index in [9.17, 15) is 14.0 Å². The zero-order valence-electron chi connectivity index (χ0n) is 15.4. The number of anilines is 1. The van der Waals surface area contributed by atoms with Crippen LogP contribution in [0.5, 0.6) is 0 Å². The Morgan fingerprint density at radius 1 is 1.22 bits per heavy atom. The van der Waals surface area contributed by atoms with Crippen molar-refractivity contribution in [2.24, 2.45) is 0 Å². The first-order chi connectivity index (χ1) is 12.8. The number of aromatic nitrogens is 2. The van der Waals surface area contributed by atoms with E-state index in [1.807, 2.05) is 23.8 Å². The average molecular weight is 385 g/mol. The standard InChI is InChI=1S/C20H20FN3O2S/c1-12-11-27-20(22-12)23-19(26)8-9-24-13(2)17(14(3)25)10-18(24)15-4-6-16(21)7-5-15/h4-7,10-11H,8-9H2,1-3H3,(H,22,23,26). The molecule has 27 heavy (non-hydrogen) atoms. The lowest BCUT2D eigenvalue weighted by molar-refractivity contribution is -0.116. The molecule has 5 nitrogen and oxygen atoms in total. The zero-order valence-corrected chi connectivity index (χ0v) is 16.2. The molecule has 0 saturated heterocycles. The third-order valence-corrected chi connectivity index (χ3v) is 5.19. The molecule has 0 atom stereocenters. The van der Waals surface area contributed by atoms with Crippen molar-refractivity contribution in [3.8, 4) is 11.3 Å². The fourth-order valence-electron chi connectivity index (χ4n) is 2.96. The van der Waals surface area contributed by atoms with Gasteiger partial charge in [0.15, 0.2) is 10.9 Å². The highest BCUT2D eigenvalue weighted by molar-refractivity contribution is 7.13. The van der Waals surface area contributed by atoms with Crippen LogP contribution in [-0.2, 0) is 11.3 Å². The number of thiazole rings is 1. The summed E-state index contributed by atoms with van der Waals surface area (Å²) in [5.74, 6) is -0.511. The predicted octanol–water partition coefficient (Wildman–Crippen LogP) is 4.60. The first-order valence-corrected chi connectivity index (χ1v) is 9.42. The highest BCUT2D eigenvalue weighted by Gasteiger charge is 2.17. The molecule has 1 N–H and O–H groups in total. The Morgan fingerprint density at radius 2 is 1.93 bits per heavy atom. The summed E-state index contributed by atoms with van der Waals surface area (Å²) in [5.41, 5.74) is 3.84. The van der Waals surface area contributed by atoms with Gasteiger partial charge in [0.25, 0.3) is 0 Å². The lowest BCUT2D eigenvalue weighted by Crippen LogP contribution is -2.15. The van der Waals surface area contributed by atoms with Gasteiger partial charge in [-0.25, -0.2) is 9.37 Å². The van der Waals surface area contributed by atoms with E-state index in [1.54, 1.807) is 18.2 Å². The number of nitrogens with one attached hydrogen (secondary N) is 1. The van der Waals surface area contributed by atoms with Gasteiger partial charge in [0.05, 0.1) is 5.69 Å². The van der Waals surface area contributed by atoms with Crippen molar-refractivity contribution in [1.29, 1.82) is 0 Å². The van der Waals surface area contributed by atoms with Crippen molar-refractivity contribution >= 4 is 28.2 Å². The molecule has 1 aromatic carbocycles. The molecular weight excluding hydrogens is 365 g/mol. The topological polar surface area (TPSA) is 64.0 Å². The number of ketones is 1. The molecule has 1 amide bonds. The number of rotatable bonds is 6. The van der Waals surface area contributed by atoms with E-state index < -0.39 is 0 Å². The molecule has 0 bridgehead atoms. The van der Waals surface area contributed by atoms with Crippen LogP contribution in [0, 0.1) is 19.7 Å². The van der Waals surface area contributed by atoms with Crippen LogP contribution in [0.15, 0.2) is 35.7 Å². The predicted molar refractivity (Wildman–Crippen MR) is 105 cm³/mol. The molecule has 0 radical (unpaired) electrons. The summed E-state index contributed by atoms with van der Waals surface area (Å²) in [6, 6.07) is 7.90. The Kier molecular flexibility index (Phi) is 5.51. The molecule has 0 spiro atoms. The van der Waals surface area contributed by atoms with Gasteiger partial charge < -0.3 is 9.88 Å². The summed E-state index contributed by atoms with van der Waals surface area (Å²) in [5, 5.41) is 5.23. The lowest BCUT2D eigenvalue weighted by atomic mass is 10.1. The quantitative estimate of drug-likeness (QED) is 0.631. The van der Waals surface area contributed by atoms with Crippen molar-refractivity contribution in [2.75, 3.05) is 5.32 Å². The zero-order chi connectivity index (χ0) is 19.6. The van der Waals surface area contributed by atoms with Crippen molar-refractivity contribution in [2.45, 2.75) is 33.7 Å². The minimum Gasteiger partial charge on any atom is -0.344 e. The highest BCUT2D eigenvalue weighted by Crippen LogP contribution is 2.27. The summed E-state index contributed by atoms with van der Waals surface area (Å²) in [7, 11) is 0. The molecule has 3 aromatic rings. The van der Waals surface area contributed by atoms with Gasteiger partial charge in [-0.05, 0) is 56.7 Å². The van der Waals surface area contributed by atoms with Crippen molar-refractivity contribution in [3.05, 3.63) is 58.5 Å². The summed E-state index contributed by atoms with van der Waals surface area (Å²) in [4.78, 5) is 28.4. The number of carbonyl (C=O) groups is 2.